The fourth-order valence-electron chi connectivity index (χ4n) is 2.68. The van der Waals surface area contributed by atoms with E-state index in [1.54, 1.807) is 38.3 Å². The van der Waals surface area contributed by atoms with Crippen LogP contribution in [0.5, 0.6) is 0 Å². The van der Waals surface area contributed by atoms with Crippen molar-refractivity contribution in [2.24, 2.45) is 0 Å². The fraction of sp³-hybridized carbons (Fsp3) is 0.526. The first-order valence-corrected chi connectivity index (χ1v) is 9.23. The summed E-state index contributed by atoms with van der Waals surface area (Å²) in [6.45, 7) is 11.4. The number of nitrogens with zero attached hydrogens (tertiary/aromatic N) is 2. The van der Waals surface area contributed by atoms with E-state index in [2.05, 4.69) is 10.3 Å². The van der Waals surface area contributed by atoms with Gasteiger partial charge in [-0.3, -0.25) is 0 Å². The number of aryl methyl sites for hydroxylation is 1. The zero-order chi connectivity index (χ0) is 20.4. The second-order valence-corrected chi connectivity index (χ2v) is 7.72. The number of carbonyl (C=O) groups is 2. The Labute approximate surface area is 164 Å². The van der Waals surface area contributed by atoms with Gasteiger partial charge in [-0.1, -0.05) is 11.6 Å². The first kappa shape index (κ1) is 21.0. The van der Waals surface area contributed by atoms with Gasteiger partial charge in [-0.05, 0) is 59.2 Å². The molecule has 1 unspecified atom stereocenters. The van der Waals surface area contributed by atoms with E-state index in [1.807, 2.05) is 19.9 Å². The van der Waals surface area contributed by atoms with Crippen LogP contribution in [0.2, 0.25) is 5.15 Å². The van der Waals surface area contributed by atoms with E-state index in [4.69, 9.17) is 21.1 Å². The smallest absolute Gasteiger partial charge is 0.407 e. The van der Waals surface area contributed by atoms with Crippen molar-refractivity contribution in [2.45, 2.75) is 53.2 Å². The lowest BCUT2D eigenvalue weighted by molar-refractivity contribution is 0.0511. The second-order valence-electron chi connectivity index (χ2n) is 7.36. The van der Waals surface area contributed by atoms with E-state index in [9.17, 15) is 9.59 Å². The van der Waals surface area contributed by atoms with Crippen LogP contribution in [0.15, 0.2) is 12.1 Å². The van der Waals surface area contributed by atoms with Crippen molar-refractivity contribution in [3.63, 3.8) is 0 Å². The molecule has 8 heteroatoms. The number of amides is 1. The van der Waals surface area contributed by atoms with Crippen molar-refractivity contribution in [3.8, 4) is 0 Å². The van der Waals surface area contributed by atoms with Gasteiger partial charge in [0, 0.05) is 11.9 Å². The van der Waals surface area contributed by atoms with Crippen LogP contribution in [-0.2, 0) is 9.47 Å². The predicted molar refractivity (Wildman–Crippen MR) is 104 cm³/mol. The lowest BCUT2D eigenvalue weighted by atomic mass is 10.2. The Balaban J connectivity index is 2.36. The van der Waals surface area contributed by atoms with Crippen LogP contribution in [0.1, 0.15) is 56.7 Å². The van der Waals surface area contributed by atoms with Crippen molar-refractivity contribution in [1.82, 2.24) is 14.9 Å². The Kier molecular flexibility index (Phi) is 6.36. The number of aromatic nitrogens is 2. The van der Waals surface area contributed by atoms with E-state index in [0.29, 0.717) is 16.5 Å². The summed E-state index contributed by atoms with van der Waals surface area (Å²) < 4.78 is 12.2. The van der Waals surface area contributed by atoms with Gasteiger partial charge in [0.2, 0.25) is 0 Å². The van der Waals surface area contributed by atoms with Gasteiger partial charge in [-0.15, -0.1) is 0 Å². The average Bonchev–Trinajstić information content (AvgIpc) is 2.90. The second kappa shape index (κ2) is 8.17. The minimum absolute atomic E-state index is 0.248. The Morgan fingerprint density at radius 1 is 1.33 bits per heavy atom. The molecule has 2 aromatic heterocycles. The van der Waals surface area contributed by atoms with Gasteiger partial charge >= 0.3 is 12.1 Å². The number of esters is 1. The minimum atomic E-state index is -0.587. The summed E-state index contributed by atoms with van der Waals surface area (Å²) in [7, 11) is 0. The van der Waals surface area contributed by atoms with Crippen LogP contribution in [0.25, 0.3) is 11.0 Å². The molecule has 0 spiro atoms. The van der Waals surface area contributed by atoms with Crippen molar-refractivity contribution < 1.29 is 19.1 Å². The summed E-state index contributed by atoms with van der Waals surface area (Å²) in [6, 6.07) is 3.33. The number of carbonyl (C=O) groups excluding carboxylic acids is 2. The predicted octanol–water partition coefficient (Wildman–Crippen LogP) is 4.26. The molecular weight excluding hydrogens is 370 g/mol. The van der Waals surface area contributed by atoms with Crippen LogP contribution in [-0.4, -0.2) is 40.4 Å². The molecule has 1 N–H and O–H groups in total. The summed E-state index contributed by atoms with van der Waals surface area (Å²) in [4.78, 5) is 28.8. The maximum atomic E-state index is 12.4. The molecule has 1 atom stereocenters. The molecule has 0 aliphatic rings. The zero-order valence-corrected chi connectivity index (χ0v) is 17.3. The number of alkyl carbamates (subject to hydrolysis) is 1. The number of nitrogens with one attached hydrogen (secondary N) is 1. The Morgan fingerprint density at radius 3 is 2.59 bits per heavy atom. The monoisotopic (exact) mass is 395 g/mol. The number of pyridine rings is 1. The molecule has 148 valence electrons. The maximum absolute atomic E-state index is 12.4. The molecule has 2 heterocycles. The summed E-state index contributed by atoms with van der Waals surface area (Å²) >= 11 is 6.18. The van der Waals surface area contributed by atoms with Gasteiger partial charge in [0.05, 0.1) is 12.6 Å². The molecule has 27 heavy (non-hydrogen) atoms. The standard InChI is InChI=1S/C19H26ClN3O4/c1-7-26-17(24)14-9-13-8-11(2)15(20)22-16(13)23(14)12(3)10-21-18(25)27-19(4,5)6/h8-9,12H,7,10H2,1-6H3,(H,21,25). The van der Waals surface area contributed by atoms with Crippen LogP contribution in [0.3, 0.4) is 0 Å². The number of hydrogen-bond acceptors (Lipinski definition) is 5. The number of halogens is 1. The SMILES string of the molecule is CCOC(=O)c1cc2cc(C)c(Cl)nc2n1C(C)CNC(=O)OC(C)(C)C. The molecule has 2 rings (SSSR count). The van der Waals surface area contributed by atoms with E-state index in [-0.39, 0.29) is 19.2 Å². The van der Waals surface area contributed by atoms with Gasteiger partial charge in [0.1, 0.15) is 22.1 Å². The number of rotatable bonds is 5. The first-order chi connectivity index (χ1) is 12.5. The lowest BCUT2D eigenvalue weighted by Gasteiger charge is -2.22. The highest BCUT2D eigenvalue weighted by molar-refractivity contribution is 6.30. The summed E-state index contributed by atoms with van der Waals surface area (Å²) in [6.07, 6.45) is -0.523. The average molecular weight is 396 g/mol. The molecule has 0 saturated heterocycles. The van der Waals surface area contributed by atoms with E-state index < -0.39 is 17.7 Å². The number of fused-ring (bicyclic) bond motifs is 1. The van der Waals surface area contributed by atoms with Crippen LogP contribution in [0.4, 0.5) is 4.79 Å². The summed E-state index contributed by atoms with van der Waals surface area (Å²) in [5, 5.41) is 3.87. The number of hydrogen-bond donors (Lipinski definition) is 1. The Hall–Kier alpha value is -2.28. The van der Waals surface area contributed by atoms with Gasteiger partial charge in [0.15, 0.2) is 0 Å². The van der Waals surface area contributed by atoms with E-state index >= 15 is 0 Å². The van der Waals surface area contributed by atoms with E-state index in [1.165, 1.54) is 0 Å². The van der Waals surface area contributed by atoms with Crippen LogP contribution >= 0.6 is 11.6 Å². The van der Waals surface area contributed by atoms with Gasteiger partial charge < -0.3 is 19.4 Å². The molecule has 0 saturated carbocycles. The lowest BCUT2D eigenvalue weighted by Crippen LogP contribution is -2.35. The molecule has 0 fully saturated rings. The Bertz CT molecular complexity index is 855. The molecule has 0 aromatic carbocycles. The van der Waals surface area contributed by atoms with Crippen LogP contribution in [0, 0.1) is 6.92 Å². The largest absolute Gasteiger partial charge is 0.461 e. The number of ether oxygens (including phenoxy) is 2. The molecule has 0 aliphatic carbocycles. The molecular formula is C19H26ClN3O4. The van der Waals surface area contributed by atoms with Crippen molar-refractivity contribution in [3.05, 3.63) is 28.5 Å². The molecule has 1 amide bonds. The van der Waals surface area contributed by atoms with Crippen molar-refractivity contribution in [1.29, 1.82) is 0 Å². The van der Waals surface area contributed by atoms with Crippen molar-refractivity contribution >= 4 is 34.7 Å². The van der Waals surface area contributed by atoms with Gasteiger partial charge in [-0.2, -0.15) is 0 Å². The topological polar surface area (TPSA) is 82.5 Å². The first-order valence-electron chi connectivity index (χ1n) is 8.85. The minimum Gasteiger partial charge on any atom is -0.461 e. The normalized spacial score (nSPS) is 12.7. The highest BCUT2D eigenvalue weighted by Crippen LogP contribution is 2.27. The third kappa shape index (κ3) is 5.13. The zero-order valence-electron chi connectivity index (χ0n) is 16.6. The molecule has 0 radical (unpaired) electrons. The van der Waals surface area contributed by atoms with Crippen molar-refractivity contribution in [2.75, 3.05) is 13.2 Å². The summed E-state index contributed by atoms with van der Waals surface area (Å²) in [5.41, 5.74) is 1.15. The summed E-state index contributed by atoms with van der Waals surface area (Å²) in [5.74, 6) is -0.451. The van der Waals surface area contributed by atoms with E-state index in [0.717, 1.165) is 10.9 Å². The fourth-order valence-corrected chi connectivity index (χ4v) is 2.81. The molecule has 2 aromatic rings. The molecule has 0 bridgehead atoms. The third-order valence-electron chi connectivity index (χ3n) is 3.81. The Morgan fingerprint density at radius 2 is 2.00 bits per heavy atom. The maximum Gasteiger partial charge on any atom is 0.407 e. The molecule has 0 aliphatic heterocycles. The molecule has 7 nitrogen and oxygen atoms in total. The van der Waals surface area contributed by atoms with Gasteiger partial charge in [0.25, 0.3) is 0 Å². The highest BCUT2D eigenvalue weighted by Gasteiger charge is 2.23. The quantitative estimate of drug-likeness (QED) is 0.604. The third-order valence-corrected chi connectivity index (χ3v) is 4.19. The van der Waals surface area contributed by atoms with Crippen LogP contribution < -0.4 is 5.32 Å². The van der Waals surface area contributed by atoms with Gasteiger partial charge in [-0.25, -0.2) is 14.6 Å². The highest BCUT2D eigenvalue weighted by atomic mass is 35.5.